The Morgan fingerprint density at radius 2 is 1.26 bits per heavy atom. The van der Waals surface area contributed by atoms with E-state index in [1.54, 1.807) is 36.4 Å². The van der Waals surface area contributed by atoms with E-state index in [4.69, 9.17) is 4.74 Å². The van der Waals surface area contributed by atoms with Gasteiger partial charge in [0.2, 0.25) is 0 Å². The zero-order valence-corrected chi connectivity index (χ0v) is 26.2. The molecule has 1 aliphatic rings. The Morgan fingerprint density at radius 3 is 1.79 bits per heavy atom. The predicted octanol–water partition coefficient (Wildman–Crippen LogP) is 8.95. The number of aromatic hydroxyl groups is 1. The number of unbranched alkanes of at least 4 members (excludes halogenated alkanes) is 4. The summed E-state index contributed by atoms with van der Waals surface area (Å²) in [4.78, 5) is 14.3. The maximum atomic E-state index is 11.7. The van der Waals surface area contributed by atoms with Gasteiger partial charge in [0.25, 0.3) is 0 Å². The van der Waals surface area contributed by atoms with E-state index in [0.717, 1.165) is 5.56 Å². The fourth-order valence-electron chi connectivity index (χ4n) is 4.74. The van der Waals surface area contributed by atoms with Crippen LogP contribution in [0.4, 0.5) is 0 Å². The molecule has 230 valence electrons. The number of carbonyl (C=O) groups is 1. The van der Waals surface area contributed by atoms with E-state index >= 15 is 0 Å². The molecular formula is C36H50NO5-. The Bertz CT molecular complexity index is 1150. The van der Waals surface area contributed by atoms with Gasteiger partial charge in [-0.05, 0) is 62.7 Å². The number of ether oxygens (including phenoxy) is 1. The molecule has 3 aromatic carbocycles. The summed E-state index contributed by atoms with van der Waals surface area (Å²) >= 11 is 0. The van der Waals surface area contributed by atoms with Crippen LogP contribution in [0, 0.1) is 0 Å². The van der Waals surface area contributed by atoms with E-state index in [1.807, 2.05) is 0 Å². The Balaban J connectivity index is 0.000000307. The maximum Gasteiger partial charge on any atom is 0.335 e. The first-order valence-electron chi connectivity index (χ1n) is 15.7. The first-order valence-corrected chi connectivity index (χ1v) is 15.7. The van der Waals surface area contributed by atoms with Crippen LogP contribution in [-0.2, 0) is 0 Å². The molecular weight excluding hydrogens is 526 g/mol. The van der Waals surface area contributed by atoms with Crippen molar-refractivity contribution < 1.29 is 24.9 Å². The molecule has 0 saturated heterocycles. The molecule has 3 aromatic rings. The van der Waals surface area contributed by atoms with E-state index in [-0.39, 0.29) is 17.1 Å². The molecule has 0 bridgehead atoms. The molecule has 1 atom stereocenters. The third-order valence-corrected chi connectivity index (χ3v) is 7.31. The monoisotopic (exact) mass is 576 g/mol. The van der Waals surface area contributed by atoms with Gasteiger partial charge in [0.05, 0.1) is 5.56 Å². The molecule has 2 N–H and O–H groups in total. The summed E-state index contributed by atoms with van der Waals surface area (Å²) in [6.07, 6.45) is 10.7. The molecule has 4 rings (SSSR count). The van der Waals surface area contributed by atoms with Crippen molar-refractivity contribution in [3.8, 4) is 23.0 Å². The van der Waals surface area contributed by atoms with Gasteiger partial charge >= 0.3 is 5.97 Å². The second-order valence-electron chi connectivity index (χ2n) is 10.8. The highest BCUT2D eigenvalue weighted by Crippen LogP contribution is 2.49. The third kappa shape index (κ3) is 10.4. The summed E-state index contributed by atoms with van der Waals surface area (Å²) in [7, 11) is 0. The highest BCUT2D eigenvalue weighted by molar-refractivity contribution is 5.90. The van der Waals surface area contributed by atoms with Crippen molar-refractivity contribution in [3.05, 3.63) is 82.9 Å². The van der Waals surface area contributed by atoms with Gasteiger partial charge in [-0.15, -0.1) is 5.75 Å². The van der Waals surface area contributed by atoms with Gasteiger partial charge in [-0.3, -0.25) is 0 Å². The zero-order valence-electron chi connectivity index (χ0n) is 26.2. The molecule has 1 unspecified atom stereocenters. The van der Waals surface area contributed by atoms with Gasteiger partial charge in [0.1, 0.15) is 17.2 Å². The second kappa shape index (κ2) is 18.8. The van der Waals surface area contributed by atoms with Crippen LogP contribution < -0.4 is 9.84 Å². The maximum absolute atomic E-state index is 11.7. The fraction of sp³-hybridized carbons (Fsp3) is 0.472. The van der Waals surface area contributed by atoms with Crippen LogP contribution in [0.25, 0.3) is 0 Å². The number of phenols is 1. The minimum Gasteiger partial charge on any atom is -0.872 e. The summed E-state index contributed by atoms with van der Waals surface area (Å²) in [6.45, 7) is 15.1. The van der Waals surface area contributed by atoms with Gasteiger partial charge in [-0.1, -0.05) is 103 Å². The average Bonchev–Trinajstić information content (AvgIpc) is 2.99. The number of rotatable bonds is 12. The van der Waals surface area contributed by atoms with Crippen LogP contribution in [-0.4, -0.2) is 40.7 Å². The minimum atomic E-state index is -1.02. The highest BCUT2D eigenvalue weighted by atomic mass is 16.5. The van der Waals surface area contributed by atoms with Crippen molar-refractivity contribution in [1.29, 1.82) is 0 Å². The lowest BCUT2D eigenvalue weighted by Crippen LogP contribution is -2.27. The lowest BCUT2D eigenvalue weighted by Gasteiger charge is -2.30. The molecule has 6 heteroatoms. The lowest BCUT2D eigenvalue weighted by molar-refractivity contribution is -0.268. The van der Waals surface area contributed by atoms with Crippen molar-refractivity contribution in [2.75, 3.05) is 19.6 Å². The molecule has 0 aliphatic carbocycles. The molecule has 1 heterocycles. The number of hydrogen-bond acceptors (Lipinski definition) is 5. The van der Waals surface area contributed by atoms with Gasteiger partial charge in [0.15, 0.2) is 0 Å². The average molecular weight is 577 g/mol. The van der Waals surface area contributed by atoms with Crippen LogP contribution in [0.2, 0.25) is 0 Å². The SMILES string of the molecule is CCCC.CCCCN(CCCC)CCCC.O=C(O)c1ccccc1C1c2ccc([O-])cc2Oc2cc(O)ccc21. The predicted molar refractivity (Wildman–Crippen MR) is 170 cm³/mol. The Hall–Kier alpha value is -3.51. The zero-order chi connectivity index (χ0) is 30.9. The largest absolute Gasteiger partial charge is 0.872 e. The summed E-state index contributed by atoms with van der Waals surface area (Å²) in [5.41, 5.74) is 2.24. The standard InChI is InChI=1S/C20H14O5.C12H27N.C4H10/c21-11-5-7-15-17(9-11)25-18-10-12(22)6-8-16(18)19(15)13-3-1-2-4-14(13)20(23)24;1-4-7-10-13(11-8-5-2)12-9-6-3;1-3-4-2/h1-10,19,21-22H,(H,23,24);4-12H2,1-3H3;3-4H2,1-2H3/p-1. The molecule has 0 radical (unpaired) electrons. The summed E-state index contributed by atoms with van der Waals surface area (Å²) in [5.74, 6) is -0.825. The number of phenolic OH excluding ortho intramolecular Hbond substituents is 1. The van der Waals surface area contributed by atoms with Gasteiger partial charge < -0.3 is 25.0 Å². The molecule has 0 fully saturated rings. The summed E-state index contributed by atoms with van der Waals surface area (Å²) in [6, 6.07) is 15.9. The first-order chi connectivity index (χ1) is 20.3. The topological polar surface area (TPSA) is 93.1 Å². The molecule has 0 spiro atoms. The van der Waals surface area contributed by atoms with Crippen molar-refractivity contribution in [1.82, 2.24) is 4.90 Å². The molecule has 42 heavy (non-hydrogen) atoms. The Labute approximate surface area is 253 Å². The van der Waals surface area contributed by atoms with E-state index < -0.39 is 11.9 Å². The Kier molecular flexibility index (Phi) is 15.6. The normalized spacial score (nSPS) is 13.0. The van der Waals surface area contributed by atoms with Gasteiger partial charge in [-0.25, -0.2) is 4.79 Å². The lowest BCUT2D eigenvalue weighted by atomic mass is 9.80. The molecule has 1 aliphatic heterocycles. The van der Waals surface area contributed by atoms with E-state index in [0.29, 0.717) is 22.6 Å². The molecule has 0 amide bonds. The number of hydrogen-bond donors (Lipinski definition) is 2. The van der Waals surface area contributed by atoms with Crippen LogP contribution >= 0.6 is 0 Å². The number of carboxylic acids is 1. The minimum absolute atomic E-state index is 0.0331. The summed E-state index contributed by atoms with van der Waals surface area (Å²) in [5, 5.41) is 31.0. The third-order valence-electron chi connectivity index (χ3n) is 7.31. The van der Waals surface area contributed by atoms with Crippen LogP contribution in [0.1, 0.15) is 119 Å². The quantitative estimate of drug-likeness (QED) is 0.175. The van der Waals surface area contributed by atoms with E-state index in [2.05, 4.69) is 39.5 Å². The van der Waals surface area contributed by atoms with E-state index in [9.17, 15) is 20.1 Å². The van der Waals surface area contributed by atoms with Crippen LogP contribution in [0.15, 0.2) is 60.7 Å². The van der Waals surface area contributed by atoms with Crippen LogP contribution in [0.5, 0.6) is 23.0 Å². The number of aromatic carboxylic acids is 1. The van der Waals surface area contributed by atoms with E-state index in [1.165, 1.54) is 95.3 Å². The van der Waals surface area contributed by atoms with Gasteiger partial charge in [-0.2, -0.15) is 0 Å². The van der Waals surface area contributed by atoms with Crippen LogP contribution in [0.3, 0.4) is 0 Å². The smallest absolute Gasteiger partial charge is 0.335 e. The fourth-order valence-corrected chi connectivity index (χ4v) is 4.74. The second-order valence-corrected chi connectivity index (χ2v) is 10.8. The van der Waals surface area contributed by atoms with Gasteiger partial charge in [0, 0.05) is 23.1 Å². The first kappa shape index (κ1) is 34.7. The molecule has 0 aromatic heterocycles. The number of fused-ring (bicyclic) bond motifs is 2. The van der Waals surface area contributed by atoms with Crippen molar-refractivity contribution in [2.45, 2.75) is 91.9 Å². The van der Waals surface area contributed by atoms with Crippen molar-refractivity contribution in [3.63, 3.8) is 0 Å². The van der Waals surface area contributed by atoms with Crippen molar-refractivity contribution >= 4 is 5.97 Å². The molecule has 6 nitrogen and oxygen atoms in total. The molecule has 0 saturated carbocycles. The number of carboxylic acid groups (broad SMARTS) is 1. The van der Waals surface area contributed by atoms with Crippen molar-refractivity contribution in [2.24, 2.45) is 0 Å². The Morgan fingerprint density at radius 1 is 0.738 bits per heavy atom. The number of nitrogens with zero attached hydrogens (tertiary/aromatic N) is 1. The summed E-state index contributed by atoms with van der Waals surface area (Å²) < 4.78 is 5.78. The highest BCUT2D eigenvalue weighted by Gasteiger charge is 2.31. The number of benzene rings is 3.